The molecule has 1 fully saturated rings. The van der Waals surface area contributed by atoms with Gasteiger partial charge >= 0.3 is 0 Å². The fourth-order valence-corrected chi connectivity index (χ4v) is 3.61. The summed E-state index contributed by atoms with van der Waals surface area (Å²) < 4.78 is 5.61. The van der Waals surface area contributed by atoms with Gasteiger partial charge in [0.25, 0.3) is 0 Å². The molecule has 1 aromatic rings. The van der Waals surface area contributed by atoms with Gasteiger partial charge in [-0.2, -0.15) is 0 Å². The van der Waals surface area contributed by atoms with Gasteiger partial charge in [-0.05, 0) is 56.2 Å². The van der Waals surface area contributed by atoms with Crippen molar-refractivity contribution in [3.8, 4) is 5.75 Å². The first kappa shape index (κ1) is 15.4. The molecule has 0 saturated heterocycles. The first-order valence-corrected chi connectivity index (χ1v) is 7.88. The second-order valence-corrected chi connectivity index (χ2v) is 6.54. The standard InChI is InChI=1S/C18H29NO/c1-12-6-9-16(17(10-12)20-5)18(19-4)15-8-7-13(2)14(3)11-15/h6,9-10,13-15,18-19H,7-8,11H2,1-5H3. The van der Waals surface area contributed by atoms with Crippen molar-refractivity contribution in [1.29, 1.82) is 0 Å². The van der Waals surface area contributed by atoms with Gasteiger partial charge in [-0.1, -0.05) is 32.4 Å². The molecule has 1 saturated carbocycles. The Morgan fingerprint density at radius 2 is 1.95 bits per heavy atom. The van der Waals surface area contributed by atoms with E-state index in [-0.39, 0.29) is 0 Å². The second kappa shape index (κ2) is 6.62. The third kappa shape index (κ3) is 3.17. The quantitative estimate of drug-likeness (QED) is 0.882. The lowest BCUT2D eigenvalue weighted by Gasteiger charge is -2.37. The van der Waals surface area contributed by atoms with Gasteiger partial charge in [0.1, 0.15) is 5.75 Å². The van der Waals surface area contributed by atoms with Crippen LogP contribution in [0.15, 0.2) is 18.2 Å². The lowest BCUT2D eigenvalue weighted by atomic mass is 9.72. The molecule has 1 aromatic carbocycles. The zero-order valence-corrected chi connectivity index (χ0v) is 13.6. The predicted octanol–water partition coefficient (Wildman–Crippen LogP) is 4.34. The van der Waals surface area contributed by atoms with Crippen molar-refractivity contribution in [1.82, 2.24) is 5.32 Å². The van der Waals surface area contributed by atoms with Crippen LogP contribution in [0.4, 0.5) is 0 Å². The molecule has 4 unspecified atom stereocenters. The molecule has 0 amide bonds. The summed E-state index contributed by atoms with van der Waals surface area (Å²) >= 11 is 0. The number of ether oxygens (including phenoxy) is 1. The zero-order valence-electron chi connectivity index (χ0n) is 13.6. The summed E-state index contributed by atoms with van der Waals surface area (Å²) in [5.74, 6) is 3.42. The van der Waals surface area contributed by atoms with Crippen LogP contribution in [-0.4, -0.2) is 14.2 Å². The van der Waals surface area contributed by atoms with Crippen LogP contribution in [0.2, 0.25) is 0 Å². The van der Waals surface area contributed by atoms with Crippen LogP contribution in [0.3, 0.4) is 0 Å². The first-order chi connectivity index (χ1) is 9.56. The molecular weight excluding hydrogens is 246 g/mol. The van der Waals surface area contributed by atoms with Gasteiger partial charge < -0.3 is 10.1 Å². The maximum absolute atomic E-state index is 5.61. The average Bonchev–Trinajstić information content (AvgIpc) is 2.44. The Kier molecular flexibility index (Phi) is 5.09. The van der Waals surface area contributed by atoms with Crippen molar-refractivity contribution in [3.05, 3.63) is 29.3 Å². The van der Waals surface area contributed by atoms with Gasteiger partial charge in [0.15, 0.2) is 0 Å². The van der Waals surface area contributed by atoms with Crippen LogP contribution in [-0.2, 0) is 0 Å². The van der Waals surface area contributed by atoms with E-state index >= 15 is 0 Å². The molecule has 0 heterocycles. The Balaban J connectivity index is 2.24. The molecule has 112 valence electrons. The topological polar surface area (TPSA) is 21.3 Å². The molecule has 0 spiro atoms. The summed E-state index contributed by atoms with van der Waals surface area (Å²) in [5.41, 5.74) is 2.57. The van der Waals surface area contributed by atoms with E-state index in [0.29, 0.717) is 12.0 Å². The van der Waals surface area contributed by atoms with Gasteiger partial charge in [0.05, 0.1) is 7.11 Å². The molecule has 0 aromatic heterocycles. The molecule has 20 heavy (non-hydrogen) atoms. The number of methoxy groups -OCH3 is 1. The molecule has 2 rings (SSSR count). The maximum Gasteiger partial charge on any atom is 0.123 e. The average molecular weight is 275 g/mol. The lowest BCUT2D eigenvalue weighted by molar-refractivity contribution is 0.173. The normalized spacial score (nSPS) is 28.1. The molecule has 4 atom stereocenters. The van der Waals surface area contributed by atoms with Crippen LogP contribution < -0.4 is 10.1 Å². The summed E-state index contributed by atoms with van der Waals surface area (Å²) in [6.07, 6.45) is 3.97. The number of hydrogen-bond acceptors (Lipinski definition) is 2. The van der Waals surface area contributed by atoms with E-state index in [9.17, 15) is 0 Å². The minimum Gasteiger partial charge on any atom is -0.496 e. The molecule has 0 bridgehead atoms. The highest BCUT2D eigenvalue weighted by molar-refractivity contribution is 5.39. The summed E-state index contributed by atoms with van der Waals surface area (Å²) in [7, 11) is 3.85. The van der Waals surface area contributed by atoms with E-state index in [1.54, 1.807) is 7.11 Å². The highest BCUT2D eigenvalue weighted by Gasteiger charge is 2.31. The maximum atomic E-state index is 5.61. The van der Waals surface area contributed by atoms with Crippen molar-refractivity contribution in [2.75, 3.05) is 14.2 Å². The van der Waals surface area contributed by atoms with Crippen LogP contribution >= 0.6 is 0 Å². The zero-order chi connectivity index (χ0) is 14.7. The Bertz CT molecular complexity index is 443. The third-order valence-corrected chi connectivity index (χ3v) is 5.15. The van der Waals surface area contributed by atoms with Gasteiger partial charge in [-0.15, -0.1) is 0 Å². The molecule has 1 N–H and O–H groups in total. The van der Waals surface area contributed by atoms with E-state index in [2.05, 4.69) is 51.3 Å². The number of nitrogens with one attached hydrogen (secondary N) is 1. The van der Waals surface area contributed by atoms with E-state index in [4.69, 9.17) is 4.74 Å². The smallest absolute Gasteiger partial charge is 0.123 e. The number of hydrogen-bond donors (Lipinski definition) is 1. The van der Waals surface area contributed by atoms with Crippen molar-refractivity contribution >= 4 is 0 Å². The summed E-state index contributed by atoms with van der Waals surface area (Å²) in [5, 5.41) is 3.54. The second-order valence-electron chi connectivity index (χ2n) is 6.54. The monoisotopic (exact) mass is 275 g/mol. The Labute approximate surface area is 123 Å². The predicted molar refractivity (Wildman–Crippen MR) is 85.2 cm³/mol. The van der Waals surface area contributed by atoms with Crippen molar-refractivity contribution in [2.24, 2.45) is 17.8 Å². The fourth-order valence-electron chi connectivity index (χ4n) is 3.61. The molecule has 0 aliphatic heterocycles. The largest absolute Gasteiger partial charge is 0.496 e. The van der Waals surface area contributed by atoms with E-state index in [0.717, 1.165) is 17.6 Å². The van der Waals surface area contributed by atoms with Gasteiger partial charge in [-0.3, -0.25) is 0 Å². The first-order valence-electron chi connectivity index (χ1n) is 7.88. The Hall–Kier alpha value is -1.02. The van der Waals surface area contributed by atoms with Crippen molar-refractivity contribution in [2.45, 2.75) is 46.1 Å². The number of rotatable bonds is 4. The lowest BCUT2D eigenvalue weighted by Crippen LogP contribution is -2.31. The number of benzene rings is 1. The van der Waals surface area contributed by atoms with Gasteiger partial charge in [0, 0.05) is 11.6 Å². The minimum absolute atomic E-state index is 0.403. The molecular formula is C18H29NO. The third-order valence-electron chi connectivity index (χ3n) is 5.15. The van der Waals surface area contributed by atoms with Crippen molar-refractivity contribution in [3.63, 3.8) is 0 Å². The van der Waals surface area contributed by atoms with Gasteiger partial charge in [0.2, 0.25) is 0 Å². The summed E-state index contributed by atoms with van der Waals surface area (Å²) in [6.45, 7) is 6.91. The van der Waals surface area contributed by atoms with Gasteiger partial charge in [-0.25, -0.2) is 0 Å². The molecule has 2 nitrogen and oxygen atoms in total. The van der Waals surface area contributed by atoms with E-state index in [1.807, 2.05) is 0 Å². The van der Waals surface area contributed by atoms with Crippen LogP contribution in [0, 0.1) is 24.7 Å². The molecule has 1 aliphatic rings. The van der Waals surface area contributed by atoms with Crippen LogP contribution in [0.5, 0.6) is 5.75 Å². The minimum atomic E-state index is 0.403. The Morgan fingerprint density at radius 3 is 2.55 bits per heavy atom. The molecule has 0 radical (unpaired) electrons. The number of aryl methyl sites for hydroxylation is 1. The van der Waals surface area contributed by atoms with Crippen molar-refractivity contribution < 1.29 is 4.74 Å². The van der Waals surface area contributed by atoms with Crippen LogP contribution in [0.1, 0.15) is 50.3 Å². The molecule has 1 aliphatic carbocycles. The highest BCUT2D eigenvalue weighted by atomic mass is 16.5. The Morgan fingerprint density at radius 1 is 1.20 bits per heavy atom. The summed E-state index contributed by atoms with van der Waals surface area (Å²) in [4.78, 5) is 0. The van der Waals surface area contributed by atoms with Crippen LogP contribution in [0.25, 0.3) is 0 Å². The van der Waals surface area contributed by atoms with E-state index in [1.165, 1.54) is 30.4 Å². The van der Waals surface area contributed by atoms with E-state index < -0.39 is 0 Å². The molecule has 2 heteroatoms. The summed E-state index contributed by atoms with van der Waals surface area (Å²) in [6, 6.07) is 6.98. The fraction of sp³-hybridized carbons (Fsp3) is 0.667. The SMILES string of the molecule is CNC(c1ccc(C)cc1OC)C1CCC(C)C(C)C1. The highest BCUT2D eigenvalue weighted by Crippen LogP contribution is 2.41.